The maximum atomic E-state index is 12.6. The van der Waals surface area contributed by atoms with Crippen molar-refractivity contribution in [1.29, 1.82) is 0 Å². The van der Waals surface area contributed by atoms with Gasteiger partial charge in [0.05, 0.1) is 6.54 Å². The van der Waals surface area contributed by atoms with Gasteiger partial charge in [0.2, 0.25) is 5.91 Å². The van der Waals surface area contributed by atoms with Crippen molar-refractivity contribution in [3.63, 3.8) is 0 Å². The third kappa shape index (κ3) is 6.11. The van der Waals surface area contributed by atoms with Gasteiger partial charge in [-0.15, -0.1) is 0 Å². The summed E-state index contributed by atoms with van der Waals surface area (Å²) < 4.78 is 11.1. The Balaban J connectivity index is 1.31. The van der Waals surface area contributed by atoms with Crippen LogP contribution in [0.2, 0.25) is 0 Å². The SMILES string of the molecule is CCN(CC(=O)Nc1ccc2c(c1)OCCO2)Cc1ccc(C(=O)Nc2ccccc2)cc1. The number of nitrogens with zero attached hydrogens (tertiary/aromatic N) is 1. The van der Waals surface area contributed by atoms with Crippen molar-refractivity contribution in [2.24, 2.45) is 0 Å². The molecule has 0 radical (unpaired) electrons. The molecule has 0 aromatic heterocycles. The molecule has 33 heavy (non-hydrogen) atoms. The summed E-state index contributed by atoms with van der Waals surface area (Å²) in [4.78, 5) is 27.0. The number of hydrogen-bond acceptors (Lipinski definition) is 5. The Bertz CT molecular complexity index is 1100. The second kappa shape index (κ2) is 10.7. The number of para-hydroxylation sites is 1. The van der Waals surface area contributed by atoms with E-state index in [0.717, 1.165) is 11.3 Å². The van der Waals surface area contributed by atoms with Crippen LogP contribution < -0.4 is 20.1 Å². The largest absolute Gasteiger partial charge is 0.486 e. The summed E-state index contributed by atoms with van der Waals surface area (Å²) in [5.41, 5.74) is 3.05. The summed E-state index contributed by atoms with van der Waals surface area (Å²) in [7, 11) is 0. The molecule has 2 N–H and O–H groups in total. The highest BCUT2D eigenvalue weighted by Crippen LogP contribution is 2.32. The lowest BCUT2D eigenvalue weighted by atomic mass is 10.1. The fourth-order valence-electron chi connectivity index (χ4n) is 3.55. The molecule has 0 bridgehead atoms. The second-order valence-corrected chi connectivity index (χ2v) is 7.73. The zero-order valence-electron chi connectivity index (χ0n) is 18.5. The van der Waals surface area contributed by atoms with Crippen molar-refractivity contribution in [1.82, 2.24) is 4.90 Å². The first-order valence-corrected chi connectivity index (χ1v) is 11.0. The number of benzene rings is 3. The molecule has 4 rings (SSSR count). The number of hydrogen-bond donors (Lipinski definition) is 2. The molecule has 0 atom stereocenters. The monoisotopic (exact) mass is 445 g/mol. The fourth-order valence-corrected chi connectivity index (χ4v) is 3.55. The number of likely N-dealkylation sites (N-methyl/N-ethyl adjacent to an activating group) is 1. The van der Waals surface area contributed by atoms with Gasteiger partial charge >= 0.3 is 0 Å². The van der Waals surface area contributed by atoms with E-state index < -0.39 is 0 Å². The number of carbonyl (C=O) groups is 2. The number of amides is 2. The van der Waals surface area contributed by atoms with Crippen LogP contribution in [0, 0.1) is 0 Å². The highest BCUT2D eigenvalue weighted by atomic mass is 16.6. The molecule has 0 spiro atoms. The Morgan fingerprint density at radius 3 is 2.30 bits per heavy atom. The van der Waals surface area contributed by atoms with E-state index in [0.29, 0.717) is 49.1 Å². The zero-order valence-corrected chi connectivity index (χ0v) is 18.5. The average Bonchev–Trinajstić information content (AvgIpc) is 2.84. The minimum absolute atomic E-state index is 0.104. The van der Waals surface area contributed by atoms with Crippen LogP contribution in [-0.4, -0.2) is 43.0 Å². The Morgan fingerprint density at radius 1 is 0.848 bits per heavy atom. The molecule has 7 nitrogen and oxygen atoms in total. The molecule has 170 valence electrons. The van der Waals surface area contributed by atoms with Crippen molar-refractivity contribution in [3.8, 4) is 11.5 Å². The predicted octanol–water partition coefficient (Wildman–Crippen LogP) is 4.17. The summed E-state index contributed by atoms with van der Waals surface area (Å²) in [5, 5.41) is 5.80. The second-order valence-electron chi connectivity index (χ2n) is 7.73. The first-order chi connectivity index (χ1) is 16.1. The van der Waals surface area contributed by atoms with Crippen LogP contribution in [0.4, 0.5) is 11.4 Å². The van der Waals surface area contributed by atoms with Crippen molar-refractivity contribution in [2.75, 3.05) is 36.9 Å². The lowest BCUT2D eigenvalue weighted by Gasteiger charge is -2.21. The third-order valence-electron chi connectivity index (χ3n) is 5.29. The third-order valence-corrected chi connectivity index (χ3v) is 5.29. The molecular weight excluding hydrogens is 418 g/mol. The maximum absolute atomic E-state index is 12.6. The summed E-state index contributed by atoms with van der Waals surface area (Å²) in [6.07, 6.45) is 0. The number of carbonyl (C=O) groups excluding carboxylic acids is 2. The molecule has 0 fully saturated rings. The number of anilines is 2. The van der Waals surface area contributed by atoms with Gasteiger partial charge in [0, 0.05) is 29.5 Å². The van der Waals surface area contributed by atoms with E-state index >= 15 is 0 Å². The topological polar surface area (TPSA) is 79.9 Å². The van der Waals surface area contributed by atoms with E-state index in [1.54, 1.807) is 30.3 Å². The van der Waals surface area contributed by atoms with Gasteiger partial charge in [-0.1, -0.05) is 37.3 Å². The smallest absolute Gasteiger partial charge is 0.255 e. The Hall–Kier alpha value is -3.84. The normalized spacial score (nSPS) is 12.3. The zero-order chi connectivity index (χ0) is 23.0. The van der Waals surface area contributed by atoms with Crippen LogP contribution in [0.1, 0.15) is 22.8 Å². The van der Waals surface area contributed by atoms with Crippen LogP contribution in [0.5, 0.6) is 11.5 Å². The van der Waals surface area contributed by atoms with Gasteiger partial charge < -0.3 is 20.1 Å². The van der Waals surface area contributed by atoms with Crippen LogP contribution >= 0.6 is 0 Å². The highest BCUT2D eigenvalue weighted by molar-refractivity contribution is 6.04. The molecular formula is C26H27N3O4. The molecule has 3 aromatic carbocycles. The number of ether oxygens (including phenoxy) is 2. The van der Waals surface area contributed by atoms with E-state index in [9.17, 15) is 9.59 Å². The summed E-state index contributed by atoms with van der Waals surface area (Å²) >= 11 is 0. The molecule has 0 saturated heterocycles. The molecule has 0 aliphatic carbocycles. The van der Waals surface area contributed by atoms with Crippen molar-refractivity contribution in [3.05, 3.63) is 83.9 Å². The first-order valence-electron chi connectivity index (χ1n) is 11.0. The highest BCUT2D eigenvalue weighted by Gasteiger charge is 2.15. The quantitative estimate of drug-likeness (QED) is 0.544. The minimum atomic E-state index is -0.154. The van der Waals surface area contributed by atoms with Crippen LogP contribution in [-0.2, 0) is 11.3 Å². The Morgan fingerprint density at radius 2 is 1.58 bits per heavy atom. The summed E-state index contributed by atoms with van der Waals surface area (Å²) in [6, 6.07) is 22.2. The van der Waals surface area contributed by atoms with Crippen LogP contribution in [0.15, 0.2) is 72.8 Å². The van der Waals surface area contributed by atoms with Gasteiger partial charge in [0.1, 0.15) is 13.2 Å². The molecule has 1 heterocycles. The number of nitrogens with one attached hydrogen (secondary N) is 2. The maximum Gasteiger partial charge on any atom is 0.255 e. The standard InChI is InChI=1S/C26H27N3O4/c1-2-29(18-25(30)27-22-12-13-23-24(16-22)33-15-14-32-23)17-19-8-10-20(11-9-19)26(31)28-21-6-4-3-5-7-21/h3-13,16H,2,14-15,17-18H2,1H3,(H,27,30)(H,28,31). The van der Waals surface area contributed by atoms with Crippen LogP contribution in [0.25, 0.3) is 0 Å². The Labute approximate surface area is 193 Å². The van der Waals surface area contributed by atoms with Gasteiger partial charge in [0.25, 0.3) is 5.91 Å². The van der Waals surface area contributed by atoms with E-state index in [1.807, 2.05) is 54.3 Å². The van der Waals surface area contributed by atoms with E-state index in [-0.39, 0.29) is 18.4 Å². The van der Waals surface area contributed by atoms with E-state index in [4.69, 9.17) is 9.47 Å². The molecule has 0 saturated carbocycles. The van der Waals surface area contributed by atoms with Crippen molar-refractivity contribution in [2.45, 2.75) is 13.5 Å². The van der Waals surface area contributed by atoms with Crippen molar-refractivity contribution < 1.29 is 19.1 Å². The number of rotatable bonds is 8. The van der Waals surface area contributed by atoms with Gasteiger partial charge in [-0.2, -0.15) is 0 Å². The number of fused-ring (bicyclic) bond motifs is 1. The lowest BCUT2D eigenvalue weighted by Crippen LogP contribution is -2.32. The summed E-state index contributed by atoms with van der Waals surface area (Å²) in [6.45, 7) is 4.61. The molecule has 1 aliphatic heterocycles. The van der Waals surface area contributed by atoms with E-state index in [1.165, 1.54) is 0 Å². The van der Waals surface area contributed by atoms with Gasteiger partial charge in [-0.3, -0.25) is 14.5 Å². The van der Waals surface area contributed by atoms with E-state index in [2.05, 4.69) is 10.6 Å². The first kappa shape index (κ1) is 22.4. The summed E-state index contributed by atoms with van der Waals surface area (Å²) in [5.74, 6) is 1.07. The molecule has 7 heteroatoms. The Kier molecular flexibility index (Phi) is 7.22. The molecule has 3 aromatic rings. The molecule has 2 amide bonds. The van der Waals surface area contributed by atoms with Gasteiger partial charge in [-0.05, 0) is 48.5 Å². The van der Waals surface area contributed by atoms with Crippen molar-refractivity contribution >= 4 is 23.2 Å². The van der Waals surface area contributed by atoms with Gasteiger partial charge in [0.15, 0.2) is 11.5 Å². The minimum Gasteiger partial charge on any atom is -0.486 e. The predicted molar refractivity (Wildman–Crippen MR) is 128 cm³/mol. The molecule has 1 aliphatic rings. The van der Waals surface area contributed by atoms with Gasteiger partial charge in [-0.25, -0.2) is 0 Å². The average molecular weight is 446 g/mol. The molecule has 0 unspecified atom stereocenters. The fraction of sp³-hybridized carbons (Fsp3) is 0.231. The van der Waals surface area contributed by atoms with Crippen LogP contribution in [0.3, 0.4) is 0 Å². The lowest BCUT2D eigenvalue weighted by molar-refractivity contribution is -0.117.